The van der Waals surface area contributed by atoms with Crippen molar-refractivity contribution in [3.8, 4) is 0 Å². The molecule has 2 saturated carbocycles. The Balaban J connectivity index is 2.22. The van der Waals surface area contributed by atoms with Crippen LogP contribution in [0, 0.1) is 29.1 Å². The molecule has 13 heavy (non-hydrogen) atoms. The maximum Gasteiger partial charge on any atom is 0.306 e. The van der Waals surface area contributed by atoms with E-state index < -0.39 is 5.97 Å². The van der Waals surface area contributed by atoms with E-state index in [1.54, 1.807) is 0 Å². The van der Waals surface area contributed by atoms with E-state index in [4.69, 9.17) is 5.11 Å². The first-order valence-corrected chi connectivity index (χ1v) is 5.17. The van der Waals surface area contributed by atoms with Gasteiger partial charge in [0.1, 0.15) is 0 Å². The van der Waals surface area contributed by atoms with E-state index in [2.05, 4.69) is 20.8 Å². The Morgan fingerprint density at radius 1 is 1.38 bits per heavy atom. The summed E-state index contributed by atoms with van der Waals surface area (Å²) in [7, 11) is 0. The summed E-state index contributed by atoms with van der Waals surface area (Å²) >= 11 is 0. The Kier molecular flexibility index (Phi) is 1.73. The van der Waals surface area contributed by atoms with E-state index in [-0.39, 0.29) is 5.92 Å². The maximum absolute atomic E-state index is 10.9. The van der Waals surface area contributed by atoms with Crippen LogP contribution in [0.25, 0.3) is 0 Å². The van der Waals surface area contributed by atoms with Crippen molar-refractivity contribution in [2.75, 3.05) is 0 Å². The van der Waals surface area contributed by atoms with Crippen LogP contribution in [-0.2, 0) is 4.79 Å². The quantitative estimate of drug-likeness (QED) is 0.676. The van der Waals surface area contributed by atoms with Crippen LogP contribution in [0.15, 0.2) is 0 Å². The Morgan fingerprint density at radius 2 is 2.00 bits per heavy atom. The molecule has 0 unspecified atom stereocenters. The molecule has 0 aromatic carbocycles. The van der Waals surface area contributed by atoms with Gasteiger partial charge in [0.05, 0.1) is 5.92 Å². The summed E-state index contributed by atoms with van der Waals surface area (Å²) in [5, 5.41) is 9.02. The van der Waals surface area contributed by atoms with Crippen molar-refractivity contribution in [2.45, 2.75) is 33.6 Å². The molecular formula is C11H18O2. The second kappa shape index (κ2) is 2.49. The minimum Gasteiger partial charge on any atom is -0.481 e. The lowest BCUT2D eigenvalue weighted by atomic mass is 9.66. The third-order valence-corrected chi connectivity index (χ3v) is 4.80. The first kappa shape index (κ1) is 9.04. The van der Waals surface area contributed by atoms with E-state index in [1.807, 2.05) is 0 Å². The summed E-state index contributed by atoms with van der Waals surface area (Å²) in [5.41, 5.74) is 0.372. The number of carboxylic acids is 1. The van der Waals surface area contributed by atoms with Gasteiger partial charge in [-0.25, -0.2) is 0 Å². The van der Waals surface area contributed by atoms with Crippen LogP contribution >= 0.6 is 0 Å². The molecule has 0 heterocycles. The highest BCUT2D eigenvalue weighted by molar-refractivity contribution is 5.71. The fraction of sp³-hybridized carbons (Fsp3) is 0.909. The minimum absolute atomic E-state index is 0.0481. The summed E-state index contributed by atoms with van der Waals surface area (Å²) in [6.07, 6.45) is 2.06. The van der Waals surface area contributed by atoms with E-state index in [0.717, 1.165) is 12.8 Å². The van der Waals surface area contributed by atoms with Gasteiger partial charge >= 0.3 is 5.97 Å². The Hall–Kier alpha value is -0.530. The summed E-state index contributed by atoms with van der Waals surface area (Å²) in [4.78, 5) is 10.9. The molecular weight excluding hydrogens is 164 g/mol. The van der Waals surface area contributed by atoms with Gasteiger partial charge in [0, 0.05) is 0 Å². The van der Waals surface area contributed by atoms with Crippen LogP contribution in [0.3, 0.4) is 0 Å². The summed E-state index contributed by atoms with van der Waals surface area (Å²) in [5.74, 6) is 1.04. The topological polar surface area (TPSA) is 37.3 Å². The molecule has 0 saturated heterocycles. The maximum atomic E-state index is 10.9. The van der Waals surface area contributed by atoms with Crippen LogP contribution < -0.4 is 0 Å². The van der Waals surface area contributed by atoms with Crippen LogP contribution in [-0.4, -0.2) is 11.1 Å². The van der Waals surface area contributed by atoms with Gasteiger partial charge in [0.2, 0.25) is 0 Å². The molecule has 2 aliphatic carbocycles. The van der Waals surface area contributed by atoms with Crippen LogP contribution in [0.1, 0.15) is 33.6 Å². The molecule has 2 rings (SSSR count). The van der Waals surface area contributed by atoms with Gasteiger partial charge < -0.3 is 5.11 Å². The fourth-order valence-corrected chi connectivity index (χ4v) is 3.44. The fourth-order valence-electron chi connectivity index (χ4n) is 3.44. The van der Waals surface area contributed by atoms with Crippen LogP contribution in [0.5, 0.6) is 0 Å². The highest BCUT2D eigenvalue weighted by Gasteiger charge is 2.56. The van der Waals surface area contributed by atoms with Crippen molar-refractivity contribution in [3.63, 3.8) is 0 Å². The van der Waals surface area contributed by atoms with Gasteiger partial charge in [-0.05, 0) is 36.0 Å². The largest absolute Gasteiger partial charge is 0.481 e. The average Bonchev–Trinajstić information content (AvgIpc) is 2.52. The van der Waals surface area contributed by atoms with E-state index >= 15 is 0 Å². The Labute approximate surface area is 79.3 Å². The molecule has 0 amide bonds. The summed E-state index contributed by atoms with van der Waals surface area (Å²) in [6.45, 7) is 6.81. The molecule has 2 fully saturated rings. The predicted molar refractivity (Wildman–Crippen MR) is 50.3 cm³/mol. The smallest absolute Gasteiger partial charge is 0.306 e. The second-order valence-corrected chi connectivity index (χ2v) is 5.39. The third kappa shape index (κ3) is 1.04. The first-order valence-electron chi connectivity index (χ1n) is 5.17. The van der Waals surface area contributed by atoms with Gasteiger partial charge in [0.15, 0.2) is 0 Å². The monoisotopic (exact) mass is 182 g/mol. The normalized spacial score (nSPS) is 46.7. The minimum atomic E-state index is -0.574. The highest BCUT2D eigenvalue weighted by Crippen LogP contribution is 2.61. The Bertz CT molecular complexity index is 240. The number of fused-ring (bicyclic) bond motifs is 2. The first-order chi connectivity index (χ1) is 5.94. The lowest BCUT2D eigenvalue weighted by molar-refractivity contribution is -0.145. The van der Waals surface area contributed by atoms with Gasteiger partial charge in [-0.15, -0.1) is 0 Å². The van der Waals surface area contributed by atoms with Crippen molar-refractivity contribution in [1.82, 2.24) is 0 Å². The summed E-state index contributed by atoms with van der Waals surface area (Å²) < 4.78 is 0. The molecule has 2 heteroatoms. The molecule has 1 N–H and O–H groups in total. The van der Waals surface area contributed by atoms with E-state index in [1.165, 1.54) is 0 Å². The molecule has 0 aromatic rings. The molecule has 0 aromatic heterocycles. The lowest BCUT2D eigenvalue weighted by Gasteiger charge is -2.38. The second-order valence-electron chi connectivity index (χ2n) is 5.39. The zero-order valence-electron chi connectivity index (χ0n) is 8.58. The molecule has 74 valence electrons. The standard InChI is InChI=1S/C11H18O2/c1-6-8-4-7(11(6,2)3)5-9(8)10(12)13/h6-9H,4-5H2,1-3H3,(H,12,13)/t6-,7+,8+,9-/m1/s1. The van der Waals surface area contributed by atoms with Crippen molar-refractivity contribution in [1.29, 1.82) is 0 Å². The zero-order chi connectivity index (χ0) is 9.80. The van der Waals surface area contributed by atoms with Gasteiger partial charge in [-0.2, -0.15) is 0 Å². The van der Waals surface area contributed by atoms with Gasteiger partial charge in [-0.3, -0.25) is 4.79 Å². The third-order valence-electron chi connectivity index (χ3n) is 4.80. The number of rotatable bonds is 1. The molecule has 0 radical (unpaired) electrons. The van der Waals surface area contributed by atoms with Crippen molar-refractivity contribution < 1.29 is 9.90 Å². The van der Waals surface area contributed by atoms with E-state index in [9.17, 15) is 4.79 Å². The summed E-state index contributed by atoms with van der Waals surface area (Å²) in [6, 6.07) is 0. The number of hydrogen-bond donors (Lipinski definition) is 1. The number of carboxylic acid groups (broad SMARTS) is 1. The highest BCUT2D eigenvalue weighted by atomic mass is 16.4. The van der Waals surface area contributed by atoms with Crippen molar-refractivity contribution in [2.24, 2.45) is 29.1 Å². The average molecular weight is 182 g/mol. The van der Waals surface area contributed by atoms with Gasteiger partial charge in [0.25, 0.3) is 0 Å². The zero-order valence-corrected chi connectivity index (χ0v) is 8.58. The number of hydrogen-bond acceptors (Lipinski definition) is 1. The molecule has 2 aliphatic rings. The van der Waals surface area contributed by atoms with Crippen LogP contribution in [0.2, 0.25) is 0 Å². The predicted octanol–water partition coefficient (Wildman–Crippen LogP) is 2.39. The SMILES string of the molecule is C[C@@H]1[C@@H]2C[C@@H](C[C@H]2C(=O)O)C1(C)C. The molecule has 0 spiro atoms. The van der Waals surface area contributed by atoms with Crippen molar-refractivity contribution >= 4 is 5.97 Å². The van der Waals surface area contributed by atoms with Crippen LogP contribution in [0.4, 0.5) is 0 Å². The van der Waals surface area contributed by atoms with E-state index in [0.29, 0.717) is 23.2 Å². The molecule has 2 nitrogen and oxygen atoms in total. The molecule has 0 aliphatic heterocycles. The number of carbonyl (C=O) groups is 1. The molecule has 4 atom stereocenters. The molecule has 2 bridgehead atoms. The Morgan fingerprint density at radius 3 is 2.38 bits per heavy atom. The number of aliphatic carboxylic acids is 1. The van der Waals surface area contributed by atoms with Crippen molar-refractivity contribution in [3.05, 3.63) is 0 Å². The lowest BCUT2D eigenvalue weighted by Crippen LogP contribution is -2.35. The van der Waals surface area contributed by atoms with Gasteiger partial charge in [-0.1, -0.05) is 20.8 Å².